The van der Waals surface area contributed by atoms with Gasteiger partial charge in [-0.1, -0.05) is 65.3 Å². The molecule has 0 aliphatic carbocycles. The number of nitrogen functional groups attached to an aromatic ring is 1. The van der Waals surface area contributed by atoms with Crippen LogP contribution in [0.1, 0.15) is 21.5 Å². The van der Waals surface area contributed by atoms with E-state index < -0.39 is 0 Å². The van der Waals surface area contributed by atoms with Gasteiger partial charge in [0.25, 0.3) is 5.95 Å². The molecule has 0 saturated carbocycles. The van der Waals surface area contributed by atoms with E-state index in [9.17, 15) is 4.79 Å². The van der Waals surface area contributed by atoms with Crippen LogP contribution in [0.3, 0.4) is 0 Å². The zero-order valence-corrected chi connectivity index (χ0v) is 16.0. The van der Waals surface area contributed by atoms with Gasteiger partial charge >= 0.3 is 0 Å². The number of hydrogen-bond acceptors (Lipinski definition) is 7. The highest BCUT2D eigenvalue weighted by Crippen LogP contribution is 2.18. The van der Waals surface area contributed by atoms with Crippen LogP contribution in [0.15, 0.2) is 58.8 Å². The van der Waals surface area contributed by atoms with Crippen molar-refractivity contribution < 1.29 is 4.79 Å². The summed E-state index contributed by atoms with van der Waals surface area (Å²) in [6.45, 7) is 1.98. The Balaban J connectivity index is 1.58. The van der Waals surface area contributed by atoms with Crippen LogP contribution in [0.4, 0.5) is 5.95 Å². The number of Topliss-reactive ketones (excluding diaryl/α,β-unsaturated/α-hetero) is 1. The largest absolute Gasteiger partial charge is 0.334 e. The van der Waals surface area contributed by atoms with Gasteiger partial charge in [-0.3, -0.25) is 4.79 Å². The van der Waals surface area contributed by atoms with Gasteiger partial charge in [-0.2, -0.15) is 5.10 Å². The molecule has 3 N–H and O–H groups in total. The lowest BCUT2D eigenvalue weighted by molar-refractivity contribution is 0.102. The minimum Gasteiger partial charge on any atom is -0.334 e. The lowest BCUT2D eigenvalue weighted by atomic mass is 10.1. The maximum atomic E-state index is 12.2. The quantitative estimate of drug-likeness (QED) is 0.207. The fourth-order valence-corrected chi connectivity index (χ4v) is 3.11. The molecule has 0 fully saturated rings. The Hall–Kier alpha value is -2.84. The van der Waals surface area contributed by atoms with Crippen LogP contribution in [-0.4, -0.2) is 32.6 Å². The molecule has 1 aromatic heterocycles. The van der Waals surface area contributed by atoms with Gasteiger partial charge in [0, 0.05) is 10.6 Å². The molecule has 0 saturated heterocycles. The van der Waals surface area contributed by atoms with Gasteiger partial charge in [0.2, 0.25) is 5.16 Å². The predicted octanol–water partition coefficient (Wildman–Crippen LogP) is 3.37. The number of nitrogens with zero attached hydrogens (tertiary/aromatic N) is 4. The minimum atomic E-state index is -0.00325. The fraction of sp³-hybridized carbons (Fsp3) is 0.111. The zero-order chi connectivity index (χ0) is 19.2. The van der Waals surface area contributed by atoms with E-state index in [1.165, 1.54) is 16.4 Å². The number of aryl methyl sites for hydroxylation is 1. The van der Waals surface area contributed by atoms with Crippen molar-refractivity contribution in [3.05, 3.63) is 70.2 Å². The maximum absolute atomic E-state index is 12.2. The third-order valence-electron chi connectivity index (χ3n) is 3.60. The van der Waals surface area contributed by atoms with E-state index >= 15 is 0 Å². The van der Waals surface area contributed by atoms with Crippen LogP contribution in [0.2, 0.25) is 5.02 Å². The Labute approximate surface area is 165 Å². The number of ketones is 1. The summed E-state index contributed by atoms with van der Waals surface area (Å²) < 4.78 is 1.25. The number of carbonyl (C=O) groups excluding carboxylic acids is 1. The van der Waals surface area contributed by atoms with Crippen LogP contribution in [0.5, 0.6) is 0 Å². The van der Waals surface area contributed by atoms with Gasteiger partial charge in [0.15, 0.2) is 5.78 Å². The number of hydrogen-bond donors (Lipinski definition) is 2. The van der Waals surface area contributed by atoms with Crippen LogP contribution in [0.25, 0.3) is 0 Å². The normalized spacial score (nSPS) is 11.0. The van der Waals surface area contributed by atoms with Gasteiger partial charge < -0.3 is 5.84 Å². The second-order valence-electron chi connectivity index (χ2n) is 5.68. The Kier molecular flexibility index (Phi) is 6.10. The predicted molar refractivity (Wildman–Crippen MR) is 109 cm³/mol. The van der Waals surface area contributed by atoms with Crippen molar-refractivity contribution in [2.45, 2.75) is 12.1 Å². The molecule has 9 heteroatoms. The van der Waals surface area contributed by atoms with Crippen molar-refractivity contribution in [2.24, 2.45) is 5.10 Å². The summed E-state index contributed by atoms with van der Waals surface area (Å²) >= 11 is 7.14. The summed E-state index contributed by atoms with van der Waals surface area (Å²) in [5.41, 5.74) is 5.31. The average Bonchev–Trinajstić information content (AvgIpc) is 3.00. The molecule has 0 aliphatic rings. The van der Waals surface area contributed by atoms with Gasteiger partial charge in [0.05, 0.1) is 12.0 Å². The van der Waals surface area contributed by atoms with Crippen LogP contribution >= 0.6 is 23.4 Å². The lowest BCUT2D eigenvalue weighted by Gasteiger charge is -2.03. The molecule has 27 heavy (non-hydrogen) atoms. The monoisotopic (exact) mass is 400 g/mol. The Bertz CT molecular complexity index is 970. The number of nitrogens with one attached hydrogen (secondary N) is 1. The number of hydrazone groups is 1. The minimum absolute atomic E-state index is 0.00325. The standard InChI is InChI=1S/C18H17ClN6OS/c1-12-5-7-14(8-6-12)16(26)11-27-18-24-23-17(25(18)20)22-21-10-13-3-2-4-15(19)9-13/h2-10H,11,20H2,1H3,(H,22,23)/b21-10+. The van der Waals surface area contributed by atoms with Crippen LogP contribution < -0.4 is 11.3 Å². The molecular weight excluding hydrogens is 384 g/mol. The Morgan fingerprint density at radius 3 is 2.81 bits per heavy atom. The molecule has 7 nitrogen and oxygen atoms in total. The number of rotatable bonds is 7. The van der Waals surface area contributed by atoms with Crippen LogP contribution in [-0.2, 0) is 0 Å². The zero-order valence-electron chi connectivity index (χ0n) is 14.5. The molecule has 138 valence electrons. The Morgan fingerprint density at radius 1 is 1.30 bits per heavy atom. The third-order valence-corrected chi connectivity index (χ3v) is 4.78. The highest BCUT2D eigenvalue weighted by molar-refractivity contribution is 7.99. The van der Waals surface area contributed by atoms with Gasteiger partial charge in [-0.25, -0.2) is 10.1 Å². The number of nitrogens with two attached hydrogens (primary N) is 1. The first-order valence-electron chi connectivity index (χ1n) is 8.01. The molecule has 0 atom stereocenters. The molecule has 0 radical (unpaired) electrons. The Morgan fingerprint density at radius 2 is 2.07 bits per heavy atom. The summed E-state index contributed by atoms with van der Waals surface area (Å²) in [5.74, 6) is 6.43. The van der Waals surface area contributed by atoms with Gasteiger partial charge in [-0.05, 0) is 24.6 Å². The average molecular weight is 401 g/mol. The highest BCUT2D eigenvalue weighted by Gasteiger charge is 2.13. The molecule has 0 aliphatic heterocycles. The van der Waals surface area contributed by atoms with Crippen molar-refractivity contribution in [2.75, 3.05) is 17.0 Å². The summed E-state index contributed by atoms with van der Waals surface area (Å²) in [6, 6.07) is 14.7. The van der Waals surface area contributed by atoms with Crippen molar-refractivity contribution >= 4 is 41.3 Å². The number of benzene rings is 2. The highest BCUT2D eigenvalue weighted by atomic mass is 35.5. The van der Waals surface area contributed by atoms with Crippen molar-refractivity contribution in [1.82, 2.24) is 14.9 Å². The van der Waals surface area contributed by atoms with E-state index in [1.54, 1.807) is 18.3 Å². The third kappa shape index (κ3) is 5.08. The molecule has 0 amide bonds. The van der Waals surface area contributed by atoms with Gasteiger partial charge in [-0.15, -0.1) is 10.2 Å². The summed E-state index contributed by atoms with van der Waals surface area (Å²) in [6.07, 6.45) is 1.59. The second kappa shape index (κ2) is 8.70. The molecule has 3 aromatic rings. The number of aromatic nitrogens is 3. The van der Waals surface area contributed by atoms with Crippen molar-refractivity contribution in [3.8, 4) is 0 Å². The topological polar surface area (TPSA) is 98.2 Å². The summed E-state index contributed by atoms with van der Waals surface area (Å²) in [4.78, 5) is 12.2. The summed E-state index contributed by atoms with van der Waals surface area (Å²) in [7, 11) is 0. The lowest BCUT2D eigenvalue weighted by Crippen LogP contribution is -2.14. The van der Waals surface area contributed by atoms with E-state index in [1.807, 2.05) is 43.3 Å². The van der Waals surface area contributed by atoms with E-state index in [-0.39, 0.29) is 17.5 Å². The number of halogens is 1. The van der Waals surface area contributed by atoms with Crippen molar-refractivity contribution in [1.29, 1.82) is 0 Å². The molecule has 1 heterocycles. The van der Waals surface area contributed by atoms with Crippen molar-refractivity contribution in [3.63, 3.8) is 0 Å². The maximum Gasteiger partial charge on any atom is 0.264 e. The number of anilines is 1. The smallest absolute Gasteiger partial charge is 0.264 e. The second-order valence-corrected chi connectivity index (χ2v) is 7.06. The van der Waals surface area contributed by atoms with E-state index in [2.05, 4.69) is 20.7 Å². The molecule has 2 aromatic carbocycles. The molecule has 0 unspecified atom stereocenters. The summed E-state index contributed by atoms with van der Waals surface area (Å²) in [5, 5.41) is 13.0. The number of carbonyl (C=O) groups is 1. The molecule has 3 rings (SSSR count). The molecule has 0 spiro atoms. The SMILES string of the molecule is Cc1ccc(C(=O)CSc2nnc(N/N=C/c3cccc(Cl)c3)n2N)cc1. The molecule has 0 bridgehead atoms. The van der Waals surface area contributed by atoms with Gasteiger partial charge in [0.1, 0.15) is 0 Å². The van der Waals surface area contributed by atoms with E-state index in [0.29, 0.717) is 15.7 Å². The first-order valence-corrected chi connectivity index (χ1v) is 9.37. The molecular formula is C18H17ClN6OS. The fourth-order valence-electron chi connectivity index (χ4n) is 2.16. The van der Waals surface area contributed by atoms with Crippen LogP contribution in [0, 0.1) is 6.92 Å². The number of thioether (sulfide) groups is 1. The van der Waals surface area contributed by atoms with E-state index in [0.717, 1.165) is 11.1 Å². The van der Waals surface area contributed by atoms with E-state index in [4.69, 9.17) is 17.4 Å². The first-order chi connectivity index (χ1) is 13.0. The first kappa shape index (κ1) is 18.9.